The highest BCUT2D eigenvalue weighted by Gasteiger charge is 2.05. The van der Waals surface area contributed by atoms with Crippen LogP contribution >= 0.6 is 0 Å². The molecule has 2 nitrogen and oxygen atoms in total. The van der Waals surface area contributed by atoms with Crippen LogP contribution in [0.2, 0.25) is 0 Å². The maximum atomic E-state index is 12.6. The lowest BCUT2D eigenvalue weighted by Crippen LogP contribution is -1.91. The van der Waals surface area contributed by atoms with Crippen LogP contribution in [0.1, 0.15) is 5.56 Å². The second-order valence-electron chi connectivity index (χ2n) is 2.13. The van der Waals surface area contributed by atoms with E-state index in [4.69, 9.17) is 10.8 Å². The van der Waals surface area contributed by atoms with Gasteiger partial charge >= 0.3 is 0 Å². The molecular formula is C7H8FNO. The Kier molecular flexibility index (Phi) is 1.49. The first-order valence-electron chi connectivity index (χ1n) is 2.86. The van der Waals surface area contributed by atoms with Gasteiger partial charge in [0.15, 0.2) is 11.6 Å². The molecular weight excluding hydrogens is 133 g/mol. The monoisotopic (exact) mass is 141 g/mol. The van der Waals surface area contributed by atoms with Gasteiger partial charge in [-0.3, -0.25) is 0 Å². The Labute approximate surface area is 58.1 Å². The lowest BCUT2D eigenvalue weighted by Gasteiger charge is -2.00. The van der Waals surface area contributed by atoms with Crippen LogP contribution in [0.25, 0.3) is 0 Å². The predicted molar refractivity (Wildman–Crippen MR) is 37.2 cm³/mol. The quantitative estimate of drug-likeness (QED) is 0.537. The van der Waals surface area contributed by atoms with E-state index in [2.05, 4.69) is 0 Å². The smallest absolute Gasteiger partial charge is 0.187 e. The highest BCUT2D eigenvalue weighted by atomic mass is 19.1. The zero-order valence-electron chi connectivity index (χ0n) is 5.56. The molecule has 0 fully saturated rings. The maximum Gasteiger partial charge on any atom is 0.187 e. The Morgan fingerprint density at radius 1 is 1.50 bits per heavy atom. The van der Waals surface area contributed by atoms with Crippen molar-refractivity contribution in [2.45, 2.75) is 6.92 Å². The highest BCUT2D eigenvalue weighted by molar-refractivity contribution is 5.49. The predicted octanol–water partition coefficient (Wildman–Crippen LogP) is 1.42. The van der Waals surface area contributed by atoms with E-state index in [1.54, 1.807) is 13.0 Å². The fourth-order valence-electron chi connectivity index (χ4n) is 0.677. The highest BCUT2D eigenvalue weighted by Crippen LogP contribution is 2.24. The number of aromatic hydroxyl groups is 1. The van der Waals surface area contributed by atoms with E-state index in [-0.39, 0.29) is 11.4 Å². The summed E-state index contributed by atoms with van der Waals surface area (Å²) in [6.45, 7) is 1.61. The molecule has 0 aliphatic carbocycles. The van der Waals surface area contributed by atoms with Crippen LogP contribution in [0, 0.1) is 12.7 Å². The van der Waals surface area contributed by atoms with Gasteiger partial charge in [0.05, 0.1) is 5.69 Å². The first-order chi connectivity index (χ1) is 4.63. The van der Waals surface area contributed by atoms with Crippen molar-refractivity contribution in [3.63, 3.8) is 0 Å². The van der Waals surface area contributed by atoms with Crippen LogP contribution in [0.5, 0.6) is 5.75 Å². The first-order valence-corrected chi connectivity index (χ1v) is 2.86. The Morgan fingerprint density at radius 2 is 2.10 bits per heavy atom. The Balaban J connectivity index is 3.34. The van der Waals surface area contributed by atoms with Crippen LogP contribution in [0.15, 0.2) is 12.1 Å². The summed E-state index contributed by atoms with van der Waals surface area (Å²) in [7, 11) is 0. The van der Waals surface area contributed by atoms with Crippen LogP contribution in [0.4, 0.5) is 10.1 Å². The van der Waals surface area contributed by atoms with Crippen LogP contribution in [-0.4, -0.2) is 5.11 Å². The molecule has 0 aliphatic heterocycles. The third-order valence-electron chi connectivity index (χ3n) is 1.35. The standard InChI is InChI=1S/C7H8FNO/c1-4-2-3-5(9)6(8)7(4)10/h2-3,10H,9H2,1H3. The van der Waals surface area contributed by atoms with Gasteiger partial charge in [-0.25, -0.2) is 4.39 Å². The molecule has 0 saturated carbocycles. The number of nitrogens with two attached hydrogens (primary N) is 1. The number of anilines is 1. The largest absolute Gasteiger partial charge is 0.505 e. The maximum absolute atomic E-state index is 12.6. The molecule has 0 atom stereocenters. The minimum Gasteiger partial charge on any atom is -0.505 e. The first kappa shape index (κ1) is 6.86. The van der Waals surface area contributed by atoms with Crippen molar-refractivity contribution >= 4 is 5.69 Å². The molecule has 3 heteroatoms. The van der Waals surface area contributed by atoms with E-state index in [0.29, 0.717) is 5.56 Å². The molecule has 0 unspecified atom stereocenters. The number of aryl methyl sites for hydroxylation is 1. The van der Waals surface area contributed by atoms with Gasteiger partial charge in [0, 0.05) is 0 Å². The molecule has 0 heterocycles. The summed E-state index contributed by atoms with van der Waals surface area (Å²) in [5.41, 5.74) is 5.62. The van der Waals surface area contributed by atoms with Crippen molar-refractivity contribution < 1.29 is 9.50 Å². The van der Waals surface area contributed by atoms with Gasteiger partial charge in [-0.05, 0) is 18.6 Å². The summed E-state index contributed by atoms with van der Waals surface area (Å²) < 4.78 is 12.6. The lowest BCUT2D eigenvalue weighted by atomic mass is 10.2. The second kappa shape index (κ2) is 2.17. The Hall–Kier alpha value is -1.25. The van der Waals surface area contributed by atoms with Crippen molar-refractivity contribution in [3.05, 3.63) is 23.5 Å². The molecule has 0 saturated heterocycles. The number of benzene rings is 1. The van der Waals surface area contributed by atoms with E-state index < -0.39 is 5.82 Å². The SMILES string of the molecule is Cc1ccc(N)c(F)c1O. The van der Waals surface area contributed by atoms with Gasteiger partial charge in [-0.2, -0.15) is 0 Å². The number of hydrogen-bond donors (Lipinski definition) is 2. The molecule has 1 aromatic carbocycles. The van der Waals surface area contributed by atoms with E-state index in [0.717, 1.165) is 0 Å². The van der Waals surface area contributed by atoms with E-state index in [1.165, 1.54) is 6.07 Å². The van der Waals surface area contributed by atoms with Gasteiger partial charge in [0.25, 0.3) is 0 Å². The minimum atomic E-state index is -0.736. The lowest BCUT2D eigenvalue weighted by molar-refractivity contribution is 0.430. The normalized spacial score (nSPS) is 9.80. The van der Waals surface area contributed by atoms with Crippen molar-refractivity contribution in [1.29, 1.82) is 0 Å². The fourth-order valence-corrected chi connectivity index (χ4v) is 0.677. The Bertz CT molecular complexity index is 233. The summed E-state index contributed by atoms with van der Waals surface area (Å²) in [6, 6.07) is 2.98. The zero-order chi connectivity index (χ0) is 7.72. The summed E-state index contributed by atoms with van der Waals surface area (Å²) in [5.74, 6) is -1.10. The number of nitrogen functional groups attached to an aromatic ring is 1. The number of halogens is 1. The van der Waals surface area contributed by atoms with Gasteiger partial charge in [-0.15, -0.1) is 0 Å². The van der Waals surface area contributed by atoms with E-state index >= 15 is 0 Å². The Morgan fingerprint density at radius 3 is 2.60 bits per heavy atom. The molecule has 1 rings (SSSR count). The molecule has 0 aromatic heterocycles. The molecule has 0 bridgehead atoms. The molecule has 1 aromatic rings. The van der Waals surface area contributed by atoms with E-state index in [1.807, 2.05) is 0 Å². The van der Waals surface area contributed by atoms with Crippen molar-refractivity contribution in [3.8, 4) is 5.75 Å². The van der Waals surface area contributed by atoms with Crippen molar-refractivity contribution in [2.24, 2.45) is 0 Å². The summed E-state index contributed by atoms with van der Waals surface area (Å²) >= 11 is 0. The number of phenols is 1. The molecule has 0 spiro atoms. The average molecular weight is 141 g/mol. The van der Waals surface area contributed by atoms with Gasteiger partial charge in [0.1, 0.15) is 0 Å². The minimum absolute atomic E-state index is 0.0249. The topological polar surface area (TPSA) is 46.2 Å². The number of phenolic OH excluding ortho intramolecular Hbond substituents is 1. The van der Waals surface area contributed by atoms with Crippen molar-refractivity contribution in [1.82, 2.24) is 0 Å². The van der Waals surface area contributed by atoms with Gasteiger partial charge in [-0.1, -0.05) is 6.07 Å². The number of hydrogen-bond acceptors (Lipinski definition) is 2. The average Bonchev–Trinajstić information content (AvgIpc) is 1.93. The third kappa shape index (κ3) is 0.900. The van der Waals surface area contributed by atoms with Crippen LogP contribution in [0.3, 0.4) is 0 Å². The zero-order valence-corrected chi connectivity index (χ0v) is 5.56. The fraction of sp³-hybridized carbons (Fsp3) is 0.143. The van der Waals surface area contributed by atoms with Gasteiger partial charge in [0.2, 0.25) is 0 Å². The molecule has 0 aliphatic rings. The molecule has 10 heavy (non-hydrogen) atoms. The molecule has 0 radical (unpaired) electrons. The second-order valence-corrected chi connectivity index (χ2v) is 2.13. The van der Waals surface area contributed by atoms with Crippen LogP contribution in [-0.2, 0) is 0 Å². The third-order valence-corrected chi connectivity index (χ3v) is 1.35. The van der Waals surface area contributed by atoms with Crippen LogP contribution < -0.4 is 5.73 Å². The molecule has 3 N–H and O–H groups in total. The molecule has 54 valence electrons. The molecule has 0 amide bonds. The summed E-state index contributed by atoms with van der Waals surface area (Å²) in [6.07, 6.45) is 0. The van der Waals surface area contributed by atoms with Crippen molar-refractivity contribution in [2.75, 3.05) is 5.73 Å². The summed E-state index contributed by atoms with van der Waals surface area (Å²) in [5, 5.41) is 8.93. The van der Waals surface area contributed by atoms with Gasteiger partial charge < -0.3 is 10.8 Å². The van der Waals surface area contributed by atoms with E-state index in [9.17, 15) is 4.39 Å². The summed E-state index contributed by atoms with van der Waals surface area (Å²) in [4.78, 5) is 0. The number of rotatable bonds is 0.